The zero-order chi connectivity index (χ0) is 21.4. The minimum Gasteiger partial charge on any atom is -0.380 e. The highest BCUT2D eigenvalue weighted by molar-refractivity contribution is 7.92. The zero-order valence-electron chi connectivity index (χ0n) is 16.8. The molecule has 1 N–H and O–H groups in total. The predicted octanol–water partition coefficient (Wildman–Crippen LogP) is 3.22. The van der Waals surface area contributed by atoms with Crippen LogP contribution >= 0.6 is 0 Å². The molecule has 0 unspecified atom stereocenters. The first kappa shape index (κ1) is 22.6. The number of carbonyl (C=O) groups excluding carboxylic acids is 2. The van der Waals surface area contributed by atoms with Crippen molar-refractivity contribution in [2.24, 2.45) is 0 Å². The minimum absolute atomic E-state index is 0.136. The number of nitrogens with zero attached hydrogens (tertiary/aromatic N) is 1. The Kier molecular flexibility index (Phi) is 7.92. The van der Waals surface area contributed by atoms with Crippen LogP contribution in [0.5, 0.6) is 0 Å². The summed E-state index contributed by atoms with van der Waals surface area (Å²) < 4.78 is 30.7. The van der Waals surface area contributed by atoms with E-state index in [9.17, 15) is 18.0 Å². The number of hydrogen-bond acceptors (Lipinski definition) is 5. The van der Waals surface area contributed by atoms with Gasteiger partial charge in [-0.2, -0.15) is 0 Å². The van der Waals surface area contributed by atoms with Crippen LogP contribution in [0.2, 0.25) is 0 Å². The highest BCUT2D eigenvalue weighted by atomic mass is 32.2. The quantitative estimate of drug-likeness (QED) is 0.598. The summed E-state index contributed by atoms with van der Waals surface area (Å²) in [6.07, 6.45) is 1.60. The third-order valence-electron chi connectivity index (χ3n) is 4.23. The highest BCUT2D eigenvalue weighted by Crippen LogP contribution is 2.20. The van der Waals surface area contributed by atoms with Gasteiger partial charge in [0, 0.05) is 31.3 Å². The number of carbonyl (C=O) groups is 2. The second kappa shape index (κ2) is 10.2. The van der Waals surface area contributed by atoms with Crippen molar-refractivity contribution < 1.29 is 22.7 Å². The monoisotopic (exact) mass is 418 g/mol. The summed E-state index contributed by atoms with van der Waals surface area (Å²) in [5, 5.41) is 2.81. The Morgan fingerprint density at radius 2 is 1.83 bits per heavy atom. The van der Waals surface area contributed by atoms with Crippen molar-refractivity contribution in [1.29, 1.82) is 0 Å². The standard InChI is InChI=1S/C21H26N2O5S/c1-16(24)18-8-5-10-20(14-18)23(29(3,26)27)12-6-11-21(25)22-19-9-4-7-17(13-19)15-28-2/h4-5,7-10,13-14H,6,11-12,15H2,1-3H3,(H,22,25). The molecule has 0 aliphatic heterocycles. The summed E-state index contributed by atoms with van der Waals surface area (Å²) in [5.41, 5.74) is 2.45. The minimum atomic E-state index is -3.55. The molecule has 8 heteroatoms. The maximum absolute atomic E-state index is 12.2. The molecule has 0 heterocycles. The van der Waals surface area contributed by atoms with E-state index >= 15 is 0 Å². The van der Waals surface area contributed by atoms with Crippen LogP contribution < -0.4 is 9.62 Å². The summed E-state index contributed by atoms with van der Waals surface area (Å²) in [4.78, 5) is 23.8. The van der Waals surface area contributed by atoms with Gasteiger partial charge in [0.1, 0.15) is 0 Å². The molecule has 0 aromatic heterocycles. The highest BCUT2D eigenvalue weighted by Gasteiger charge is 2.18. The molecule has 0 aliphatic rings. The summed E-state index contributed by atoms with van der Waals surface area (Å²) >= 11 is 0. The van der Waals surface area contributed by atoms with E-state index in [0.717, 1.165) is 11.8 Å². The van der Waals surface area contributed by atoms with Gasteiger partial charge in [0.2, 0.25) is 15.9 Å². The van der Waals surface area contributed by atoms with Crippen molar-refractivity contribution in [1.82, 2.24) is 0 Å². The molecule has 0 saturated carbocycles. The molecule has 2 aromatic rings. The second-order valence-corrected chi connectivity index (χ2v) is 8.63. The smallest absolute Gasteiger partial charge is 0.232 e. The molecule has 0 spiro atoms. The zero-order valence-corrected chi connectivity index (χ0v) is 17.7. The van der Waals surface area contributed by atoms with Gasteiger partial charge in [-0.05, 0) is 43.2 Å². The molecule has 0 radical (unpaired) electrons. The first-order chi connectivity index (χ1) is 13.7. The van der Waals surface area contributed by atoms with Gasteiger partial charge in [0.05, 0.1) is 18.6 Å². The first-order valence-electron chi connectivity index (χ1n) is 9.17. The van der Waals surface area contributed by atoms with E-state index in [1.165, 1.54) is 11.2 Å². The molecule has 0 fully saturated rings. The number of hydrogen-bond donors (Lipinski definition) is 1. The summed E-state index contributed by atoms with van der Waals surface area (Å²) in [6, 6.07) is 13.8. The predicted molar refractivity (Wildman–Crippen MR) is 114 cm³/mol. The van der Waals surface area contributed by atoms with Gasteiger partial charge in [-0.15, -0.1) is 0 Å². The van der Waals surface area contributed by atoms with Crippen molar-refractivity contribution in [3.05, 3.63) is 59.7 Å². The Hall–Kier alpha value is -2.71. The lowest BCUT2D eigenvalue weighted by Crippen LogP contribution is -2.31. The van der Waals surface area contributed by atoms with Crippen LogP contribution in [0.3, 0.4) is 0 Å². The Balaban J connectivity index is 2.00. The van der Waals surface area contributed by atoms with Crippen LogP contribution in [-0.2, 0) is 26.2 Å². The molecule has 2 rings (SSSR count). The van der Waals surface area contributed by atoms with Gasteiger partial charge < -0.3 is 10.1 Å². The molecule has 7 nitrogen and oxygen atoms in total. The van der Waals surface area contributed by atoms with Crippen molar-refractivity contribution >= 4 is 33.1 Å². The van der Waals surface area contributed by atoms with Crippen LogP contribution in [0.1, 0.15) is 35.7 Å². The van der Waals surface area contributed by atoms with Crippen LogP contribution in [0.15, 0.2) is 48.5 Å². The van der Waals surface area contributed by atoms with Crippen LogP contribution in [0.25, 0.3) is 0 Å². The number of methoxy groups -OCH3 is 1. The Morgan fingerprint density at radius 3 is 2.48 bits per heavy atom. The number of anilines is 2. The largest absolute Gasteiger partial charge is 0.380 e. The maximum Gasteiger partial charge on any atom is 0.232 e. The Labute approximate surface area is 171 Å². The molecule has 0 saturated heterocycles. The van der Waals surface area contributed by atoms with Crippen molar-refractivity contribution in [3.8, 4) is 0 Å². The number of Topliss-reactive ketones (excluding diaryl/α,β-unsaturated/α-hetero) is 1. The van der Waals surface area contributed by atoms with Crippen LogP contribution in [0, 0.1) is 0 Å². The fourth-order valence-electron chi connectivity index (χ4n) is 2.88. The van der Waals surface area contributed by atoms with Gasteiger partial charge in [0.15, 0.2) is 5.78 Å². The normalized spacial score (nSPS) is 11.1. The lowest BCUT2D eigenvalue weighted by atomic mass is 10.1. The number of ether oxygens (including phenoxy) is 1. The molecule has 0 atom stereocenters. The molecular formula is C21H26N2O5S. The van der Waals surface area contributed by atoms with Crippen molar-refractivity contribution in [3.63, 3.8) is 0 Å². The van der Waals surface area contributed by atoms with E-state index in [1.54, 1.807) is 37.4 Å². The van der Waals surface area contributed by atoms with E-state index in [1.807, 2.05) is 18.2 Å². The Morgan fingerprint density at radius 1 is 1.10 bits per heavy atom. The third-order valence-corrected chi connectivity index (χ3v) is 5.42. The van der Waals surface area contributed by atoms with E-state index < -0.39 is 10.0 Å². The Bertz CT molecular complexity index is 973. The summed E-state index contributed by atoms with van der Waals surface area (Å²) in [7, 11) is -1.95. The molecule has 0 aliphatic carbocycles. The lowest BCUT2D eigenvalue weighted by molar-refractivity contribution is -0.116. The number of amides is 1. The van der Waals surface area contributed by atoms with Gasteiger partial charge in [-0.3, -0.25) is 13.9 Å². The van der Waals surface area contributed by atoms with Gasteiger partial charge in [0.25, 0.3) is 0 Å². The molecule has 0 bridgehead atoms. The van der Waals surface area contributed by atoms with E-state index in [-0.39, 0.29) is 24.7 Å². The molecule has 29 heavy (non-hydrogen) atoms. The van der Waals surface area contributed by atoms with E-state index in [0.29, 0.717) is 30.0 Å². The van der Waals surface area contributed by atoms with E-state index in [4.69, 9.17) is 4.74 Å². The molecule has 2 aromatic carbocycles. The van der Waals surface area contributed by atoms with Crippen LogP contribution in [0.4, 0.5) is 11.4 Å². The van der Waals surface area contributed by atoms with Crippen molar-refractivity contribution in [2.75, 3.05) is 29.5 Å². The van der Waals surface area contributed by atoms with Crippen LogP contribution in [-0.4, -0.2) is 40.0 Å². The molecular weight excluding hydrogens is 392 g/mol. The number of sulfonamides is 1. The van der Waals surface area contributed by atoms with Gasteiger partial charge >= 0.3 is 0 Å². The number of nitrogens with one attached hydrogen (secondary N) is 1. The third kappa shape index (κ3) is 6.99. The van der Waals surface area contributed by atoms with Gasteiger partial charge in [-0.25, -0.2) is 8.42 Å². The fourth-order valence-corrected chi connectivity index (χ4v) is 3.84. The average Bonchev–Trinajstić information content (AvgIpc) is 2.65. The first-order valence-corrected chi connectivity index (χ1v) is 11.0. The fraction of sp³-hybridized carbons (Fsp3) is 0.333. The average molecular weight is 419 g/mol. The number of ketones is 1. The summed E-state index contributed by atoms with van der Waals surface area (Å²) in [6.45, 7) is 2.01. The second-order valence-electron chi connectivity index (χ2n) is 6.73. The maximum atomic E-state index is 12.2. The number of benzene rings is 2. The molecule has 156 valence electrons. The molecule has 1 amide bonds. The van der Waals surface area contributed by atoms with E-state index in [2.05, 4.69) is 5.32 Å². The summed E-state index contributed by atoms with van der Waals surface area (Å²) in [5.74, 6) is -0.346. The van der Waals surface area contributed by atoms with Crippen molar-refractivity contribution in [2.45, 2.75) is 26.4 Å². The van der Waals surface area contributed by atoms with Gasteiger partial charge in [-0.1, -0.05) is 24.3 Å². The SMILES string of the molecule is COCc1cccc(NC(=O)CCCN(c2cccc(C(C)=O)c2)S(C)(=O)=O)c1. The topological polar surface area (TPSA) is 92.8 Å². The number of rotatable bonds is 10. The lowest BCUT2D eigenvalue weighted by Gasteiger charge is -2.22.